The first-order valence-electron chi connectivity index (χ1n) is 4.92. The molecular formula is C9H20N2O3. The molecule has 3 N–H and O–H groups in total. The average molecular weight is 204 g/mol. The molecular weight excluding hydrogens is 184 g/mol. The van der Waals surface area contributed by atoms with Gasteiger partial charge in [-0.1, -0.05) is 0 Å². The first kappa shape index (κ1) is 13.4. The van der Waals surface area contributed by atoms with E-state index in [-0.39, 0.29) is 18.6 Å². The van der Waals surface area contributed by atoms with Crippen LogP contribution in [0.25, 0.3) is 0 Å². The molecule has 0 aliphatic rings. The summed E-state index contributed by atoms with van der Waals surface area (Å²) in [6.45, 7) is 5.82. The molecule has 0 heterocycles. The van der Waals surface area contributed by atoms with Crippen LogP contribution in [0.3, 0.4) is 0 Å². The standard InChI is InChI=1S/C9H20N2O3/c1-3-10-9(13)8(2)11-4-6-14-7-5-12/h8,11-12H,3-7H2,1-2H3,(H,10,13). The van der Waals surface area contributed by atoms with Gasteiger partial charge in [0, 0.05) is 13.1 Å². The highest BCUT2D eigenvalue weighted by Crippen LogP contribution is 1.81. The van der Waals surface area contributed by atoms with E-state index in [4.69, 9.17) is 9.84 Å². The maximum atomic E-state index is 11.2. The van der Waals surface area contributed by atoms with Crippen LogP contribution < -0.4 is 10.6 Å². The number of rotatable bonds is 8. The number of aliphatic hydroxyl groups excluding tert-OH is 1. The highest BCUT2D eigenvalue weighted by atomic mass is 16.5. The van der Waals surface area contributed by atoms with Crippen molar-refractivity contribution in [2.24, 2.45) is 0 Å². The minimum atomic E-state index is -0.201. The summed E-state index contributed by atoms with van der Waals surface area (Å²) in [4.78, 5) is 11.2. The number of amides is 1. The largest absolute Gasteiger partial charge is 0.394 e. The molecule has 1 atom stereocenters. The van der Waals surface area contributed by atoms with Gasteiger partial charge in [-0.15, -0.1) is 0 Å². The first-order chi connectivity index (χ1) is 6.72. The molecule has 0 radical (unpaired) electrons. The minimum absolute atomic E-state index is 0.00495. The number of nitrogens with one attached hydrogen (secondary N) is 2. The second-order valence-electron chi connectivity index (χ2n) is 2.91. The lowest BCUT2D eigenvalue weighted by atomic mass is 10.3. The van der Waals surface area contributed by atoms with Crippen molar-refractivity contribution in [3.05, 3.63) is 0 Å². The maximum absolute atomic E-state index is 11.2. The zero-order valence-corrected chi connectivity index (χ0v) is 8.88. The van der Waals surface area contributed by atoms with Gasteiger partial charge in [-0.2, -0.15) is 0 Å². The SMILES string of the molecule is CCNC(=O)C(C)NCCOCCO. The van der Waals surface area contributed by atoms with E-state index in [1.54, 1.807) is 6.92 Å². The Balaban J connectivity index is 3.34. The monoisotopic (exact) mass is 204 g/mol. The molecule has 0 fully saturated rings. The van der Waals surface area contributed by atoms with Gasteiger partial charge in [0.05, 0.1) is 25.9 Å². The van der Waals surface area contributed by atoms with E-state index in [0.717, 1.165) is 0 Å². The lowest BCUT2D eigenvalue weighted by Gasteiger charge is -2.12. The Morgan fingerprint density at radius 1 is 1.50 bits per heavy atom. The topological polar surface area (TPSA) is 70.6 Å². The van der Waals surface area contributed by atoms with E-state index in [2.05, 4.69) is 10.6 Å². The molecule has 0 saturated heterocycles. The summed E-state index contributed by atoms with van der Waals surface area (Å²) in [7, 11) is 0. The Labute approximate surface area is 84.8 Å². The van der Waals surface area contributed by atoms with E-state index in [9.17, 15) is 4.79 Å². The van der Waals surface area contributed by atoms with Crippen molar-refractivity contribution in [3.8, 4) is 0 Å². The van der Waals surface area contributed by atoms with Crippen LogP contribution >= 0.6 is 0 Å². The third-order valence-electron chi connectivity index (χ3n) is 1.68. The number of hydrogen-bond donors (Lipinski definition) is 3. The van der Waals surface area contributed by atoms with Gasteiger partial charge < -0.3 is 20.5 Å². The summed E-state index contributed by atoms with van der Waals surface area (Å²) >= 11 is 0. The molecule has 0 rings (SSSR count). The number of carbonyl (C=O) groups is 1. The molecule has 5 heteroatoms. The van der Waals surface area contributed by atoms with Crippen molar-refractivity contribution < 1.29 is 14.6 Å². The van der Waals surface area contributed by atoms with Gasteiger partial charge in [-0.25, -0.2) is 0 Å². The second-order valence-corrected chi connectivity index (χ2v) is 2.91. The van der Waals surface area contributed by atoms with E-state index in [0.29, 0.717) is 26.3 Å². The molecule has 0 aliphatic heterocycles. The molecule has 0 aliphatic carbocycles. The van der Waals surface area contributed by atoms with Crippen LogP contribution in [0.4, 0.5) is 0 Å². The smallest absolute Gasteiger partial charge is 0.236 e. The zero-order valence-electron chi connectivity index (χ0n) is 8.88. The van der Waals surface area contributed by atoms with Gasteiger partial charge in [0.25, 0.3) is 0 Å². The fraction of sp³-hybridized carbons (Fsp3) is 0.889. The van der Waals surface area contributed by atoms with Crippen LogP contribution in [-0.4, -0.2) is 50.0 Å². The highest BCUT2D eigenvalue weighted by Gasteiger charge is 2.09. The van der Waals surface area contributed by atoms with Gasteiger partial charge in [0.15, 0.2) is 0 Å². The highest BCUT2D eigenvalue weighted by molar-refractivity contribution is 5.81. The Morgan fingerprint density at radius 3 is 2.79 bits per heavy atom. The summed E-state index contributed by atoms with van der Waals surface area (Å²) in [5, 5.41) is 14.1. The van der Waals surface area contributed by atoms with Gasteiger partial charge >= 0.3 is 0 Å². The van der Waals surface area contributed by atoms with Crippen molar-refractivity contribution in [2.75, 3.05) is 32.9 Å². The fourth-order valence-electron chi connectivity index (χ4n) is 0.934. The summed E-state index contributed by atoms with van der Waals surface area (Å²) < 4.78 is 5.03. The number of carbonyl (C=O) groups excluding carboxylic acids is 1. The molecule has 14 heavy (non-hydrogen) atoms. The van der Waals surface area contributed by atoms with E-state index >= 15 is 0 Å². The molecule has 0 aromatic rings. The maximum Gasteiger partial charge on any atom is 0.236 e. The first-order valence-corrected chi connectivity index (χ1v) is 4.92. The quantitative estimate of drug-likeness (QED) is 0.449. The van der Waals surface area contributed by atoms with Crippen molar-refractivity contribution in [1.82, 2.24) is 10.6 Å². The molecule has 1 amide bonds. The van der Waals surface area contributed by atoms with E-state index in [1.165, 1.54) is 0 Å². The van der Waals surface area contributed by atoms with Crippen molar-refractivity contribution in [3.63, 3.8) is 0 Å². The molecule has 0 aromatic heterocycles. The number of hydrogen-bond acceptors (Lipinski definition) is 4. The lowest BCUT2D eigenvalue weighted by Crippen LogP contribution is -2.43. The number of ether oxygens (including phenoxy) is 1. The fourth-order valence-corrected chi connectivity index (χ4v) is 0.934. The van der Waals surface area contributed by atoms with Gasteiger partial charge in [0.2, 0.25) is 5.91 Å². The van der Waals surface area contributed by atoms with E-state index < -0.39 is 0 Å². The van der Waals surface area contributed by atoms with Gasteiger partial charge in [0.1, 0.15) is 0 Å². The van der Waals surface area contributed by atoms with Crippen molar-refractivity contribution in [1.29, 1.82) is 0 Å². The summed E-state index contributed by atoms with van der Waals surface area (Å²) in [5.74, 6) is -0.00495. The van der Waals surface area contributed by atoms with Crippen LogP contribution in [0.15, 0.2) is 0 Å². The Bertz CT molecular complexity index is 153. The predicted octanol–water partition coefficient (Wildman–Crippen LogP) is -0.890. The van der Waals surface area contributed by atoms with Crippen molar-refractivity contribution in [2.45, 2.75) is 19.9 Å². The Kier molecular flexibility index (Phi) is 8.51. The molecule has 1 unspecified atom stereocenters. The van der Waals surface area contributed by atoms with Crippen LogP contribution in [0.5, 0.6) is 0 Å². The van der Waals surface area contributed by atoms with Crippen LogP contribution in [0, 0.1) is 0 Å². The molecule has 0 aromatic carbocycles. The third kappa shape index (κ3) is 6.82. The Hall–Kier alpha value is -0.650. The lowest BCUT2D eigenvalue weighted by molar-refractivity contribution is -0.122. The van der Waals surface area contributed by atoms with Crippen molar-refractivity contribution >= 4 is 5.91 Å². The van der Waals surface area contributed by atoms with Crippen LogP contribution in [0.2, 0.25) is 0 Å². The Morgan fingerprint density at radius 2 is 2.21 bits per heavy atom. The molecule has 84 valence electrons. The molecule has 0 spiro atoms. The number of likely N-dealkylation sites (N-methyl/N-ethyl adjacent to an activating group) is 1. The van der Waals surface area contributed by atoms with Gasteiger partial charge in [-0.05, 0) is 13.8 Å². The minimum Gasteiger partial charge on any atom is -0.394 e. The molecule has 5 nitrogen and oxygen atoms in total. The average Bonchev–Trinajstić information content (AvgIpc) is 2.17. The van der Waals surface area contributed by atoms with Crippen LogP contribution in [0.1, 0.15) is 13.8 Å². The number of aliphatic hydroxyl groups is 1. The molecule has 0 saturated carbocycles. The molecule has 0 bridgehead atoms. The second kappa shape index (κ2) is 8.93. The van der Waals surface area contributed by atoms with E-state index in [1.807, 2.05) is 6.92 Å². The third-order valence-corrected chi connectivity index (χ3v) is 1.68. The summed E-state index contributed by atoms with van der Waals surface area (Å²) in [5.41, 5.74) is 0. The summed E-state index contributed by atoms with van der Waals surface area (Å²) in [6, 6.07) is -0.201. The normalized spacial score (nSPS) is 12.5. The van der Waals surface area contributed by atoms with Crippen LogP contribution in [-0.2, 0) is 9.53 Å². The zero-order chi connectivity index (χ0) is 10.8. The van der Waals surface area contributed by atoms with Gasteiger partial charge in [-0.3, -0.25) is 4.79 Å². The summed E-state index contributed by atoms with van der Waals surface area (Å²) in [6.07, 6.45) is 0. The predicted molar refractivity (Wildman–Crippen MR) is 54.1 cm³/mol.